The summed E-state index contributed by atoms with van der Waals surface area (Å²) >= 11 is 1.36. The van der Waals surface area contributed by atoms with Crippen LogP contribution < -0.4 is 5.32 Å². The molecule has 1 aliphatic rings. The standard InChI is InChI=1S/C16H22FNO2S/c17-13-6-8-14(9-7-13)21-11-16(20)18-10-15(19)12-4-2-1-3-5-12/h6-9,12,15,19H,1-5,10-11H2,(H,18,20)/t15-/m1/s1. The van der Waals surface area contributed by atoms with E-state index in [9.17, 15) is 14.3 Å². The van der Waals surface area contributed by atoms with Gasteiger partial charge in [0.25, 0.3) is 0 Å². The summed E-state index contributed by atoms with van der Waals surface area (Å²) in [6.45, 7) is 0.327. The second-order valence-corrected chi connectivity index (χ2v) is 6.56. The molecule has 0 spiro atoms. The third-order valence-electron chi connectivity index (χ3n) is 3.89. The lowest BCUT2D eigenvalue weighted by molar-refractivity contribution is -0.119. The predicted molar refractivity (Wildman–Crippen MR) is 82.7 cm³/mol. The van der Waals surface area contributed by atoms with Gasteiger partial charge in [-0.2, -0.15) is 0 Å². The van der Waals surface area contributed by atoms with Gasteiger partial charge in [-0.1, -0.05) is 19.3 Å². The number of carbonyl (C=O) groups excluding carboxylic acids is 1. The molecule has 1 fully saturated rings. The summed E-state index contributed by atoms with van der Waals surface area (Å²) in [5, 5.41) is 12.9. The number of hydrogen-bond acceptors (Lipinski definition) is 3. The number of benzene rings is 1. The number of aliphatic hydroxyl groups excluding tert-OH is 1. The molecule has 1 aliphatic carbocycles. The van der Waals surface area contributed by atoms with E-state index in [0.717, 1.165) is 17.7 Å². The van der Waals surface area contributed by atoms with E-state index in [1.807, 2.05) is 0 Å². The average molecular weight is 311 g/mol. The van der Waals surface area contributed by atoms with Gasteiger partial charge in [0.2, 0.25) is 5.91 Å². The molecule has 0 aliphatic heterocycles. The van der Waals surface area contributed by atoms with Crippen molar-refractivity contribution in [2.75, 3.05) is 12.3 Å². The molecular weight excluding hydrogens is 289 g/mol. The van der Waals surface area contributed by atoms with Crippen LogP contribution >= 0.6 is 11.8 Å². The van der Waals surface area contributed by atoms with Crippen molar-refractivity contribution in [3.8, 4) is 0 Å². The van der Waals surface area contributed by atoms with E-state index in [1.165, 1.54) is 43.2 Å². The smallest absolute Gasteiger partial charge is 0.230 e. The molecule has 0 bridgehead atoms. The third kappa shape index (κ3) is 5.67. The van der Waals surface area contributed by atoms with E-state index in [4.69, 9.17) is 0 Å². The van der Waals surface area contributed by atoms with Gasteiger partial charge < -0.3 is 10.4 Å². The lowest BCUT2D eigenvalue weighted by Gasteiger charge is -2.26. The summed E-state index contributed by atoms with van der Waals surface area (Å²) in [7, 11) is 0. The molecule has 2 rings (SSSR count). The quantitative estimate of drug-likeness (QED) is 0.794. The Bertz CT molecular complexity index is 446. The fourth-order valence-corrected chi connectivity index (χ4v) is 3.36. The van der Waals surface area contributed by atoms with Crippen LogP contribution in [0, 0.1) is 11.7 Å². The molecule has 0 heterocycles. The Morgan fingerprint density at radius 1 is 1.29 bits per heavy atom. The summed E-state index contributed by atoms with van der Waals surface area (Å²) in [5.74, 6) is 0.227. The lowest BCUT2D eigenvalue weighted by Crippen LogP contribution is -2.37. The van der Waals surface area contributed by atoms with E-state index in [-0.39, 0.29) is 17.5 Å². The van der Waals surface area contributed by atoms with E-state index >= 15 is 0 Å². The van der Waals surface area contributed by atoms with Crippen LogP contribution in [0.5, 0.6) is 0 Å². The molecule has 0 saturated heterocycles. The summed E-state index contributed by atoms with van der Waals surface area (Å²) < 4.78 is 12.8. The highest BCUT2D eigenvalue weighted by Gasteiger charge is 2.21. The first-order valence-corrected chi connectivity index (χ1v) is 8.47. The van der Waals surface area contributed by atoms with Crippen molar-refractivity contribution in [1.82, 2.24) is 5.32 Å². The van der Waals surface area contributed by atoms with Crippen molar-refractivity contribution in [2.45, 2.75) is 43.1 Å². The summed E-state index contributed by atoms with van der Waals surface area (Å²) in [6.07, 6.45) is 5.28. The van der Waals surface area contributed by atoms with Crippen LogP contribution in [-0.4, -0.2) is 29.4 Å². The monoisotopic (exact) mass is 311 g/mol. The topological polar surface area (TPSA) is 49.3 Å². The van der Waals surface area contributed by atoms with Gasteiger partial charge in [-0.05, 0) is 43.0 Å². The Balaban J connectivity index is 1.66. The SMILES string of the molecule is O=C(CSc1ccc(F)cc1)NC[C@@H](O)C1CCCCC1. The molecule has 21 heavy (non-hydrogen) atoms. The maximum absolute atomic E-state index is 12.8. The molecule has 116 valence electrons. The zero-order valence-electron chi connectivity index (χ0n) is 12.1. The minimum absolute atomic E-state index is 0.0980. The highest BCUT2D eigenvalue weighted by Crippen LogP contribution is 2.26. The van der Waals surface area contributed by atoms with Crippen LogP contribution in [0.3, 0.4) is 0 Å². The van der Waals surface area contributed by atoms with Crippen molar-refractivity contribution in [3.05, 3.63) is 30.1 Å². The normalized spacial score (nSPS) is 17.4. The van der Waals surface area contributed by atoms with Gasteiger partial charge in [-0.25, -0.2) is 4.39 Å². The van der Waals surface area contributed by atoms with E-state index in [0.29, 0.717) is 12.5 Å². The van der Waals surface area contributed by atoms with Crippen LogP contribution in [0.25, 0.3) is 0 Å². The molecule has 5 heteroatoms. The molecule has 2 N–H and O–H groups in total. The van der Waals surface area contributed by atoms with Gasteiger partial charge in [-0.15, -0.1) is 11.8 Å². The lowest BCUT2D eigenvalue weighted by atomic mass is 9.85. The number of thioether (sulfide) groups is 1. The Kier molecular flexibility index (Phi) is 6.51. The second kappa shape index (κ2) is 8.39. The van der Waals surface area contributed by atoms with Crippen molar-refractivity contribution in [2.24, 2.45) is 5.92 Å². The minimum atomic E-state index is -0.440. The fourth-order valence-electron chi connectivity index (χ4n) is 2.63. The molecule has 3 nitrogen and oxygen atoms in total. The minimum Gasteiger partial charge on any atom is -0.391 e. The Hall–Kier alpha value is -1.07. The number of nitrogens with one attached hydrogen (secondary N) is 1. The van der Waals surface area contributed by atoms with Crippen LogP contribution in [0.4, 0.5) is 4.39 Å². The largest absolute Gasteiger partial charge is 0.391 e. The van der Waals surface area contributed by atoms with Crippen molar-refractivity contribution in [1.29, 1.82) is 0 Å². The molecule has 1 aromatic rings. The molecule has 0 unspecified atom stereocenters. The Morgan fingerprint density at radius 3 is 2.62 bits per heavy atom. The van der Waals surface area contributed by atoms with Gasteiger partial charge in [0.1, 0.15) is 5.82 Å². The van der Waals surface area contributed by atoms with Crippen LogP contribution in [-0.2, 0) is 4.79 Å². The first-order chi connectivity index (χ1) is 10.1. The van der Waals surface area contributed by atoms with E-state index < -0.39 is 6.10 Å². The van der Waals surface area contributed by atoms with Crippen molar-refractivity contribution >= 4 is 17.7 Å². The maximum atomic E-state index is 12.8. The first kappa shape index (κ1) is 16.3. The third-order valence-corrected chi connectivity index (χ3v) is 4.90. The number of rotatable bonds is 6. The zero-order chi connectivity index (χ0) is 15.1. The van der Waals surface area contributed by atoms with E-state index in [1.54, 1.807) is 12.1 Å². The van der Waals surface area contributed by atoms with Crippen molar-refractivity contribution in [3.63, 3.8) is 0 Å². The second-order valence-electron chi connectivity index (χ2n) is 5.51. The fraction of sp³-hybridized carbons (Fsp3) is 0.562. The van der Waals surface area contributed by atoms with Crippen LogP contribution in [0.15, 0.2) is 29.2 Å². The number of carbonyl (C=O) groups is 1. The maximum Gasteiger partial charge on any atom is 0.230 e. The van der Waals surface area contributed by atoms with Gasteiger partial charge >= 0.3 is 0 Å². The number of aliphatic hydroxyl groups is 1. The molecule has 1 aromatic carbocycles. The summed E-state index contributed by atoms with van der Waals surface area (Å²) in [4.78, 5) is 12.6. The number of hydrogen-bond donors (Lipinski definition) is 2. The number of halogens is 1. The first-order valence-electron chi connectivity index (χ1n) is 7.48. The molecular formula is C16H22FNO2S. The Labute approximate surface area is 129 Å². The molecule has 1 amide bonds. The predicted octanol–water partition coefficient (Wildman–Crippen LogP) is 2.98. The molecule has 0 radical (unpaired) electrons. The average Bonchev–Trinajstić information content (AvgIpc) is 2.53. The Morgan fingerprint density at radius 2 is 1.95 bits per heavy atom. The molecule has 0 aromatic heterocycles. The van der Waals surface area contributed by atoms with Gasteiger partial charge in [0.05, 0.1) is 11.9 Å². The van der Waals surface area contributed by atoms with Crippen molar-refractivity contribution < 1.29 is 14.3 Å². The van der Waals surface area contributed by atoms with Gasteiger partial charge in [-0.3, -0.25) is 4.79 Å². The van der Waals surface area contributed by atoms with Crippen LogP contribution in [0.2, 0.25) is 0 Å². The van der Waals surface area contributed by atoms with Gasteiger partial charge in [0.15, 0.2) is 0 Å². The summed E-state index contributed by atoms with van der Waals surface area (Å²) in [5.41, 5.74) is 0. The van der Waals surface area contributed by atoms with E-state index in [2.05, 4.69) is 5.32 Å². The summed E-state index contributed by atoms with van der Waals surface area (Å²) in [6, 6.07) is 6.08. The van der Waals surface area contributed by atoms with Crippen LogP contribution in [0.1, 0.15) is 32.1 Å². The molecule has 1 atom stereocenters. The molecule has 1 saturated carbocycles. The zero-order valence-corrected chi connectivity index (χ0v) is 12.9. The highest BCUT2D eigenvalue weighted by atomic mass is 32.2. The highest BCUT2D eigenvalue weighted by molar-refractivity contribution is 8.00. The number of amides is 1. The van der Waals surface area contributed by atoms with Gasteiger partial charge in [0, 0.05) is 11.4 Å².